The molecule has 2 aromatic heterocycles. The van der Waals surface area contributed by atoms with Crippen LogP contribution in [0.5, 0.6) is 0 Å². The molecule has 3 aromatic rings. The predicted molar refractivity (Wildman–Crippen MR) is 91.9 cm³/mol. The SMILES string of the molecule is CCn1nc(Nc2nn(C)c3cc(C(C)(C)O)ccc23)cc1C. The van der Waals surface area contributed by atoms with Gasteiger partial charge in [-0.1, -0.05) is 6.07 Å². The largest absolute Gasteiger partial charge is 0.386 e. The van der Waals surface area contributed by atoms with Crippen LogP contribution in [-0.2, 0) is 19.2 Å². The molecule has 0 saturated carbocycles. The standard InChI is InChI=1S/C17H23N5O/c1-6-22-11(2)9-15(19-22)18-16-13-8-7-12(17(3,4)23)10-14(13)21(5)20-16/h7-10,23H,6H2,1-5H3,(H,18,19,20). The lowest BCUT2D eigenvalue weighted by molar-refractivity contribution is 0.0787. The second-order valence-corrected chi connectivity index (χ2v) is 6.37. The Morgan fingerprint density at radius 3 is 2.57 bits per heavy atom. The highest BCUT2D eigenvalue weighted by molar-refractivity contribution is 5.92. The van der Waals surface area contributed by atoms with Gasteiger partial charge in [0.25, 0.3) is 0 Å². The number of aryl methyl sites for hydroxylation is 3. The third-order valence-electron chi connectivity index (χ3n) is 4.09. The number of hydrogen-bond donors (Lipinski definition) is 2. The fourth-order valence-corrected chi connectivity index (χ4v) is 2.74. The molecule has 0 bridgehead atoms. The van der Waals surface area contributed by atoms with E-state index in [4.69, 9.17) is 0 Å². The number of anilines is 2. The molecule has 6 heteroatoms. The van der Waals surface area contributed by atoms with Crippen molar-refractivity contribution in [3.05, 3.63) is 35.5 Å². The van der Waals surface area contributed by atoms with Gasteiger partial charge in [0.1, 0.15) is 0 Å². The number of nitrogens with zero attached hydrogens (tertiary/aromatic N) is 4. The summed E-state index contributed by atoms with van der Waals surface area (Å²) in [5.41, 5.74) is 2.08. The van der Waals surface area contributed by atoms with Crippen molar-refractivity contribution in [3.63, 3.8) is 0 Å². The zero-order valence-corrected chi connectivity index (χ0v) is 14.3. The average Bonchev–Trinajstić information content (AvgIpc) is 2.99. The maximum absolute atomic E-state index is 10.2. The Morgan fingerprint density at radius 1 is 1.22 bits per heavy atom. The Labute approximate surface area is 135 Å². The molecule has 23 heavy (non-hydrogen) atoms. The highest BCUT2D eigenvalue weighted by Gasteiger charge is 2.18. The Kier molecular flexibility index (Phi) is 3.64. The van der Waals surface area contributed by atoms with Crippen LogP contribution in [0.3, 0.4) is 0 Å². The van der Waals surface area contributed by atoms with Gasteiger partial charge in [-0.15, -0.1) is 0 Å². The van der Waals surface area contributed by atoms with Crippen LogP contribution in [0.1, 0.15) is 32.0 Å². The number of rotatable bonds is 4. The quantitative estimate of drug-likeness (QED) is 0.777. The van der Waals surface area contributed by atoms with E-state index in [1.54, 1.807) is 13.8 Å². The van der Waals surface area contributed by atoms with Crippen molar-refractivity contribution in [1.82, 2.24) is 19.6 Å². The van der Waals surface area contributed by atoms with Crippen LogP contribution in [-0.4, -0.2) is 24.7 Å². The minimum atomic E-state index is -0.872. The van der Waals surface area contributed by atoms with Crippen molar-refractivity contribution in [1.29, 1.82) is 0 Å². The smallest absolute Gasteiger partial charge is 0.161 e. The highest BCUT2D eigenvalue weighted by Crippen LogP contribution is 2.29. The summed E-state index contributed by atoms with van der Waals surface area (Å²) < 4.78 is 3.76. The molecule has 1 aromatic carbocycles. The van der Waals surface area contributed by atoms with Gasteiger partial charge in [-0.3, -0.25) is 9.36 Å². The number of benzene rings is 1. The Hall–Kier alpha value is -2.34. The summed E-state index contributed by atoms with van der Waals surface area (Å²) in [7, 11) is 1.90. The van der Waals surface area contributed by atoms with Crippen LogP contribution >= 0.6 is 0 Å². The van der Waals surface area contributed by atoms with E-state index in [9.17, 15) is 5.11 Å². The van der Waals surface area contributed by atoms with E-state index in [0.29, 0.717) is 0 Å². The van der Waals surface area contributed by atoms with Crippen molar-refractivity contribution in [2.75, 3.05) is 5.32 Å². The van der Waals surface area contributed by atoms with E-state index >= 15 is 0 Å². The number of nitrogens with one attached hydrogen (secondary N) is 1. The van der Waals surface area contributed by atoms with Gasteiger partial charge in [0.2, 0.25) is 0 Å². The predicted octanol–water partition coefficient (Wildman–Crippen LogP) is 3.07. The van der Waals surface area contributed by atoms with Crippen molar-refractivity contribution in [2.24, 2.45) is 7.05 Å². The number of aliphatic hydroxyl groups is 1. The molecule has 0 amide bonds. The minimum absolute atomic E-state index is 0.769. The fraction of sp³-hybridized carbons (Fsp3) is 0.412. The maximum atomic E-state index is 10.2. The Bertz CT molecular complexity index is 854. The molecule has 0 aliphatic rings. The second-order valence-electron chi connectivity index (χ2n) is 6.37. The van der Waals surface area contributed by atoms with Crippen LogP contribution in [0.2, 0.25) is 0 Å². The van der Waals surface area contributed by atoms with Crippen LogP contribution in [0.15, 0.2) is 24.3 Å². The number of aromatic nitrogens is 4. The van der Waals surface area contributed by atoms with Gasteiger partial charge in [-0.2, -0.15) is 10.2 Å². The lowest BCUT2D eigenvalue weighted by Gasteiger charge is -2.17. The molecule has 2 heterocycles. The van der Waals surface area contributed by atoms with Crippen molar-refractivity contribution in [2.45, 2.75) is 39.8 Å². The topological polar surface area (TPSA) is 67.9 Å². The summed E-state index contributed by atoms with van der Waals surface area (Å²) in [6, 6.07) is 7.91. The number of fused-ring (bicyclic) bond motifs is 1. The molecule has 0 atom stereocenters. The first-order valence-electron chi connectivity index (χ1n) is 7.80. The van der Waals surface area contributed by atoms with Crippen LogP contribution in [0.25, 0.3) is 10.9 Å². The summed E-state index contributed by atoms with van der Waals surface area (Å²) in [6.45, 7) is 8.51. The fourth-order valence-electron chi connectivity index (χ4n) is 2.74. The van der Waals surface area contributed by atoms with Gasteiger partial charge in [0.05, 0.1) is 11.1 Å². The van der Waals surface area contributed by atoms with E-state index < -0.39 is 5.60 Å². The molecular formula is C17H23N5O. The summed E-state index contributed by atoms with van der Waals surface area (Å²) in [4.78, 5) is 0. The van der Waals surface area contributed by atoms with Crippen LogP contribution in [0.4, 0.5) is 11.6 Å². The zero-order chi connectivity index (χ0) is 16.8. The van der Waals surface area contributed by atoms with E-state index in [1.807, 2.05) is 47.6 Å². The highest BCUT2D eigenvalue weighted by atomic mass is 16.3. The van der Waals surface area contributed by atoms with Gasteiger partial charge >= 0.3 is 0 Å². The molecule has 2 N–H and O–H groups in total. The third kappa shape index (κ3) is 2.82. The summed E-state index contributed by atoms with van der Waals surface area (Å²) >= 11 is 0. The van der Waals surface area contributed by atoms with Gasteiger partial charge in [0, 0.05) is 30.7 Å². The molecular weight excluding hydrogens is 290 g/mol. The lowest BCUT2D eigenvalue weighted by Crippen LogP contribution is -2.15. The van der Waals surface area contributed by atoms with E-state index in [2.05, 4.69) is 22.4 Å². The Morgan fingerprint density at radius 2 is 1.96 bits per heavy atom. The van der Waals surface area contributed by atoms with Gasteiger partial charge < -0.3 is 10.4 Å². The zero-order valence-electron chi connectivity index (χ0n) is 14.3. The monoisotopic (exact) mass is 313 g/mol. The maximum Gasteiger partial charge on any atom is 0.161 e. The van der Waals surface area contributed by atoms with Crippen molar-refractivity contribution in [3.8, 4) is 0 Å². The lowest BCUT2D eigenvalue weighted by atomic mass is 9.97. The van der Waals surface area contributed by atoms with E-state index in [0.717, 1.165) is 40.3 Å². The molecule has 6 nitrogen and oxygen atoms in total. The summed E-state index contributed by atoms with van der Waals surface area (Å²) in [5, 5.41) is 23.5. The molecule has 0 aliphatic heterocycles. The molecule has 0 spiro atoms. The Balaban J connectivity index is 2.01. The molecule has 122 valence electrons. The van der Waals surface area contributed by atoms with Crippen molar-refractivity contribution >= 4 is 22.5 Å². The van der Waals surface area contributed by atoms with Crippen LogP contribution in [0, 0.1) is 6.92 Å². The van der Waals surface area contributed by atoms with Crippen molar-refractivity contribution < 1.29 is 5.11 Å². The molecule has 0 saturated heterocycles. The number of hydrogen-bond acceptors (Lipinski definition) is 4. The van der Waals surface area contributed by atoms with Gasteiger partial charge in [-0.25, -0.2) is 0 Å². The molecule has 0 unspecified atom stereocenters. The first kappa shape index (κ1) is 15.6. The molecule has 3 rings (SSSR count). The summed E-state index contributed by atoms with van der Waals surface area (Å²) in [6.07, 6.45) is 0. The van der Waals surface area contributed by atoms with E-state index in [1.165, 1.54) is 0 Å². The first-order valence-corrected chi connectivity index (χ1v) is 7.80. The van der Waals surface area contributed by atoms with E-state index in [-0.39, 0.29) is 0 Å². The molecule has 0 aliphatic carbocycles. The third-order valence-corrected chi connectivity index (χ3v) is 4.09. The first-order chi connectivity index (χ1) is 10.8. The average molecular weight is 313 g/mol. The molecule has 0 fully saturated rings. The van der Waals surface area contributed by atoms with Gasteiger partial charge in [0.15, 0.2) is 11.6 Å². The van der Waals surface area contributed by atoms with Gasteiger partial charge in [-0.05, 0) is 45.4 Å². The minimum Gasteiger partial charge on any atom is -0.386 e. The molecule has 0 radical (unpaired) electrons. The normalized spacial score (nSPS) is 12.1. The summed E-state index contributed by atoms with van der Waals surface area (Å²) in [5.74, 6) is 1.56. The van der Waals surface area contributed by atoms with Crippen LogP contribution < -0.4 is 5.32 Å². The second kappa shape index (κ2) is 5.38.